The van der Waals surface area contributed by atoms with Crippen LogP contribution in [0.2, 0.25) is 0 Å². The van der Waals surface area contributed by atoms with E-state index in [9.17, 15) is 10.2 Å². The molecule has 102 valence electrons. The number of aromatic nitrogens is 1. The first-order valence-electron chi connectivity index (χ1n) is 6.22. The summed E-state index contributed by atoms with van der Waals surface area (Å²) in [5, 5.41) is 25.4. The molecule has 2 rings (SSSR count). The number of aromatic hydroxyl groups is 2. The summed E-state index contributed by atoms with van der Waals surface area (Å²) in [5.41, 5.74) is 1.97. The highest BCUT2D eigenvalue weighted by molar-refractivity contribution is 7.09. The van der Waals surface area contributed by atoms with Crippen molar-refractivity contribution in [2.24, 2.45) is 0 Å². The number of benzene rings is 1. The van der Waals surface area contributed by atoms with E-state index in [0.29, 0.717) is 0 Å². The van der Waals surface area contributed by atoms with Gasteiger partial charge >= 0.3 is 0 Å². The SMILES string of the molecule is Cc1nc(CCNC(C)c2cc(O)cc(O)c2)cs1. The van der Waals surface area contributed by atoms with Crippen molar-refractivity contribution < 1.29 is 10.2 Å². The van der Waals surface area contributed by atoms with Crippen LogP contribution in [-0.2, 0) is 6.42 Å². The second-order valence-electron chi connectivity index (χ2n) is 4.57. The molecule has 0 bridgehead atoms. The fraction of sp³-hybridized carbons (Fsp3) is 0.357. The molecule has 0 saturated heterocycles. The van der Waals surface area contributed by atoms with Crippen LogP contribution < -0.4 is 5.32 Å². The number of nitrogens with one attached hydrogen (secondary N) is 1. The third-order valence-corrected chi connectivity index (χ3v) is 3.75. The van der Waals surface area contributed by atoms with Crippen LogP contribution in [0.1, 0.15) is 29.2 Å². The number of hydrogen-bond acceptors (Lipinski definition) is 5. The van der Waals surface area contributed by atoms with Gasteiger partial charge in [0.2, 0.25) is 0 Å². The molecule has 0 saturated carbocycles. The molecule has 0 aliphatic carbocycles. The van der Waals surface area contributed by atoms with Crippen molar-refractivity contribution in [2.75, 3.05) is 6.54 Å². The molecule has 1 unspecified atom stereocenters. The van der Waals surface area contributed by atoms with Crippen molar-refractivity contribution in [3.05, 3.63) is 39.8 Å². The molecular formula is C14H18N2O2S. The number of phenolic OH excluding ortho intramolecular Hbond substituents is 2. The van der Waals surface area contributed by atoms with Gasteiger partial charge in [-0.05, 0) is 31.5 Å². The molecular weight excluding hydrogens is 260 g/mol. The summed E-state index contributed by atoms with van der Waals surface area (Å²) in [4.78, 5) is 4.41. The average Bonchev–Trinajstić information content (AvgIpc) is 2.73. The van der Waals surface area contributed by atoms with Gasteiger partial charge in [-0.15, -0.1) is 11.3 Å². The fourth-order valence-electron chi connectivity index (χ4n) is 1.93. The van der Waals surface area contributed by atoms with Crippen LogP contribution in [0.5, 0.6) is 11.5 Å². The highest BCUT2D eigenvalue weighted by atomic mass is 32.1. The first-order valence-corrected chi connectivity index (χ1v) is 7.10. The Morgan fingerprint density at radius 2 is 1.95 bits per heavy atom. The maximum atomic E-state index is 9.45. The summed E-state index contributed by atoms with van der Waals surface area (Å²) in [6, 6.07) is 4.71. The maximum Gasteiger partial charge on any atom is 0.119 e. The largest absolute Gasteiger partial charge is 0.508 e. The van der Waals surface area contributed by atoms with Crippen molar-refractivity contribution >= 4 is 11.3 Å². The zero-order valence-electron chi connectivity index (χ0n) is 11.1. The molecule has 0 aliphatic rings. The van der Waals surface area contributed by atoms with Crippen LogP contribution in [0.25, 0.3) is 0 Å². The predicted octanol–water partition coefficient (Wildman–Crippen LogP) is 2.76. The summed E-state index contributed by atoms with van der Waals surface area (Å²) in [5.74, 6) is 0.164. The highest BCUT2D eigenvalue weighted by Crippen LogP contribution is 2.24. The third kappa shape index (κ3) is 3.94. The van der Waals surface area contributed by atoms with Gasteiger partial charge < -0.3 is 15.5 Å². The van der Waals surface area contributed by atoms with Crippen molar-refractivity contribution in [1.82, 2.24) is 10.3 Å². The standard InChI is InChI=1S/C14H18N2O2S/c1-9(11-5-13(17)7-14(18)6-11)15-4-3-12-8-19-10(2)16-12/h5-9,15,17-18H,3-4H2,1-2H3. The topological polar surface area (TPSA) is 65.4 Å². The van der Waals surface area contributed by atoms with Crippen molar-refractivity contribution in [2.45, 2.75) is 26.3 Å². The summed E-state index contributed by atoms with van der Waals surface area (Å²) < 4.78 is 0. The Labute approximate surface area is 116 Å². The third-order valence-electron chi connectivity index (χ3n) is 2.92. The van der Waals surface area contributed by atoms with E-state index < -0.39 is 0 Å². The lowest BCUT2D eigenvalue weighted by Crippen LogP contribution is -2.21. The minimum atomic E-state index is 0.0673. The maximum absolute atomic E-state index is 9.45. The van der Waals surface area contributed by atoms with Gasteiger partial charge in [0.1, 0.15) is 11.5 Å². The summed E-state index contributed by atoms with van der Waals surface area (Å²) in [7, 11) is 0. The zero-order valence-corrected chi connectivity index (χ0v) is 11.9. The Morgan fingerprint density at radius 3 is 2.53 bits per heavy atom. The van der Waals surface area contributed by atoms with Crippen molar-refractivity contribution in [1.29, 1.82) is 0 Å². The Balaban J connectivity index is 1.88. The molecule has 2 aromatic rings. The van der Waals surface area contributed by atoms with Crippen molar-refractivity contribution in [3.63, 3.8) is 0 Å². The van der Waals surface area contributed by atoms with E-state index in [-0.39, 0.29) is 17.5 Å². The van der Waals surface area contributed by atoms with Gasteiger partial charge in [-0.3, -0.25) is 0 Å². The molecule has 1 aromatic carbocycles. The summed E-state index contributed by atoms with van der Waals surface area (Å²) >= 11 is 1.66. The number of rotatable bonds is 5. The predicted molar refractivity (Wildman–Crippen MR) is 76.7 cm³/mol. The fourth-order valence-corrected chi connectivity index (χ4v) is 2.57. The van der Waals surface area contributed by atoms with Crippen molar-refractivity contribution in [3.8, 4) is 11.5 Å². The van der Waals surface area contributed by atoms with Crippen LogP contribution in [0, 0.1) is 6.92 Å². The van der Waals surface area contributed by atoms with Gasteiger partial charge in [-0.2, -0.15) is 0 Å². The molecule has 0 spiro atoms. The van der Waals surface area contributed by atoms with Gasteiger partial charge in [-0.1, -0.05) is 0 Å². The van der Waals surface area contributed by atoms with Crippen LogP contribution in [-0.4, -0.2) is 21.7 Å². The normalized spacial score (nSPS) is 12.5. The quantitative estimate of drug-likeness (QED) is 0.787. The van der Waals surface area contributed by atoms with E-state index in [0.717, 1.165) is 29.2 Å². The molecule has 0 radical (unpaired) electrons. The monoisotopic (exact) mass is 278 g/mol. The van der Waals surface area contributed by atoms with E-state index in [4.69, 9.17) is 0 Å². The van der Waals surface area contributed by atoms with Crippen LogP contribution in [0.4, 0.5) is 0 Å². The van der Waals surface area contributed by atoms with E-state index in [1.807, 2.05) is 13.8 Å². The zero-order chi connectivity index (χ0) is 13.8. The molecule has 1 atom stereocenters. The molecule has 4 nitrogen and oxygen atoms in total. The molecule has 0 fully saturated rings. The Hall–Kier alpha value is -1.59. The summed E-state index contributed by atoms with van der Waals surface area (Å²) in [6.45, 7) is 4.81. The van der Waals surface area contributed by atoms with Gasteiger partial charge in [-0.25, -0.2) is 4.98 Å². The van der Waals surface area contributed by atoms with E-state index in [1.54, 1.807) is 23.5 Å². The lowest BCUT2D eigenvalue weighted by molar-refractivity contribution is 0.446. The second-order valence-corrected chi connectivity index (χ2v) is 5.63. The number of thiazole rings is 1. The molecule has 5 heteroatoms. The number of nitrogens with zero attached hydrogens (tertiary/aromatic N) is 1. The van der Waals surface area contributed by atoms with Crippen LogP contribution >= 0.6 is 11.3 Å². The average molecular weight is 278 g/mol. The Kier molecular flexibility index (Phi) is 4.39. The first kappa shape index (κ1) is 13.8. The van der Waals surface area contributed by atoms with E-state index in [2.05, 4.69) is 15.7 Å². The van der Waals surface area contributed by atoms with Crippen LogP contribution in [0.15, 0.2) is 23.6 Å². The van der Waals surface area contributed by atoms with Gasteiger partial charge in [0.25, 0.3) is 0 Å². The minimum Gasteiger partial charge on any atom is -0.508 e. The molecule has 1 aromatic heterocycles. The smallest absolute Gasteiger partial charge is 0.119 e. The Morgan fingerprint density at radius 1 is 1.26 bits per heavy atom. The Bertz CT molecular complexity index is 534. The van der Waals surface area contributed by atoms with Crippen LogP contribution in [0.3, 0.4) is 0 Å². The number of hydrogen-bond donors (Lipinski definition) is 3. The number of phenols is 2. The van der Waals surface area contributed by atoms with Gasteiger partial charge in [0, 0.05) is 30.5 Å². The summed E-state index contributed by atoms with van der Waals surface area (Å²) in [6.07, 6.45) is 0.874. The van der Waals surface area contributed by atoms with Gasteiger partial charge in [0.05, 0.1) is 10.7 Å². The molecule has 0 amide bonds. The van der Waals surface area contributed by atoms with E-state index >= 15 is 0 Å². The molecule has 1 heterocycles. The lowest BCUT2D eigenvalue weighted by atomic mass is 10.1. The minimum absolute atomic E-state index is 0.0673. The van der Waals surface area contributed by atoms with E-state index in [1.165, 1.54) is 6.07 Å². The number of aryl methyl sites for hydroxylation is 1. The molecule has 3 N–H and O–H groups in total. The molecule has 19 heavy (non-hydrogen) atoms. The second kappa shape index (κ2) is 6.04. The highest BCUT2D eigenvalue weighted by Gasteiger charge is 2.08. The van der Waals surface area contributed by atoms with Gasteiger partial charge in [0.15, 0.2) is 0 Å². The lowest BCUT2D eigenvalue weighted by Gasteiger charge is -2.14. The first-order chi connectivity index (χ1) is 9.04. The molecule has 0 aliphatic heterocycles.